The number of fused-ring (bicyclic) bond motifs is 1. The summed E-state index contributed by atoms with van der Waals surface area (Å²) in [6.45, 7) is 6.18. The van der Waals surface area contributed by atoms with Crippen molar-refractivity contribution in [3.8, 4) is 0 Å². The van der Waals surface area contributed by atoms with Crippen LogP contribution >= 0.6 is 0 Å². The summed E-state index contributed by atoms with van der Waals surface area (Å²) in [4.78, 5) is 9.06. The van der Waals surface area contributed by atoms with Crippen molar-refractivity contribution in [2.24, 2.45) is 7.05 Å². The molecule has 0 amide bonds. The van der Waals surface area contributed by atoms with Crippen LogP contribution in [-0.2, 0) is 17.2 Å². The van der Waals surface area contributed by atoms with E-state index in [0.29, 0.717) is 16.9 Å². The second-order valence-electron chi connectivity index (χ2n) is 8.88. The second-order valence-corrected chi connectivity index (χ2v) is 8.88. The number of alkyl halides is 3. The first-order valence-electron chi connectivity index (χ1n) is 10.4. The quantitative estimate of drug-likeness (QED) is 0.759. The molecular weight excluding hydrogens is 397 g/mol. The fraction of sp³-hybridized carbons (Fsp3) is 0.714. The van der Waals surface area contributed by atoms with Gasteiger partial charge in [0.15, 0.2) is 5.65 Å². The summed E-state index contributed by atoms with van der Waals surface area (Å²) in [6.07, 6.45) is -0.354. The Morgan fingerprint density at radius 2 is 2.00 bits per heavy atom. The van der Waals surface area contributed by atoms with Crippen molar-refractivity contribution >= 4 is 11.2 Å². The van der Waals surface area contributed by atoms with Gasteiger partial charge in [-0.15, -0.1) is 0 Å². The van der Waals surface area contributed by atoms with E-state index in [1.165, 1.54) is 10.6 Å². The molecule has 2 aromatic rings. The molecule has 1 unspecified atom stereocenters. The van der Waals surface area contributed by atoms with E-state index in [0.717, 1.165) is 33.1 Å². The molecule has 0 bridgehead atoms. The van der Waals surface area contributed by atoms with Crippen LogP contribution in [0.1, 0.15) is 64.4 Å². The first-order chi connectivity index (χ1) is 14.0. The van der Waals surface area contributed by atoms with Crippen molar-refractivity contribution < 1.29 is 23.0 Å². The average Bonchev–Trinajstić information content (AvgIpc) is 2.86. The van der Waals surface area contributed by atoms with Crippen LogP contribution in [0.2, 0.25) is 0 Å². The van der Waals surface area contributed by atoms with Crippen molar-refractivity contribution in [3.63, 3.8) is 0 Å². The molecule has 0 aromatic carbocycles. The highest BCUT2D eigenvalue weighted by Gasteiger charge is 2.50. The van der Waals surface area contributed by atoms with Gasteiger partial charge in [-0.1, -0.05) is 0 Å². The standard InChI is InChI=1S/C21H31F3N4O2/c1-12(2)30-17-8-6-7-13(26-16(17)11-29)15-10-25-14-9-18(28(5)19(14)27-15)20(3,4)21(22,23)24/h9-10,12-13,16-17,26,29H,6-8,11H2,1-5H3/t13?,16-,17+/m0/s1. The van der Waals surface area contributed by atoms with Crippen LogP contribution in [-0.4, -0.2) is 50.7 Å². The maximum atomic E-state index is 13.6. The summed E-state index contributed by atoms with van der Waals surface area (Å²) < 4.78 is 48.1. The van der Waals surface area contributed by atoms with Crippen LogP contribution in [0.3, 0.4) is 0 Å². The van der Waals surface area contributed by atoms with E-state index in [1.54, 1.807) is 13.2 Å². The smallest absolute Gasteiger partial charge is 0.395 e. The molecular formula is C21H31F3N4O2. The predicted octanol–water partition coefficient (Wildman–Crippen LogP) is 3.78. The molecule has 3 heterocycles. The predicted molar refractivity (Wildman–Crippen MR) is 108 cm³/mol. The minimum absolute atomic E-state index is 0.0531. The number of nitrogens with one attached hydrogen (secondary N) is 1. The number of ether oxygens (including phenoxy) is 1. The molecule has 2 aromatic heterocycles. The van der Waals surface area contributed by atoms with Gasteiger partial charge in [0.25, 0.3) is 0 Å². The number of aliphatic hydroxyl groups is 1. The lowest BCUT2D eigenvalue weighted by atomic mass is 9.88. The summed E-state index contributed by atoms with van der Waals surface area (Å²) in [5.74, 6) is 0. The van der Waals surface area contributed by atoms with Crippen molar-refractivity contribution in [2.45, 2.75) is 82.8 Å². The number of rotatable bonds is 5. The Morgan fingerprint density at radius 3 is 2.60 bits per heavy atom. The second kappa shape index (κ2) is 8.43. The molecule has 0 aliphatic carbocycles. The highest BCUT2D eigenvalue weighted by molar-refractivity contribution is 5.73. The van der Waals surface area contributed by atoms with Gasteiger partial charge in [-0.2, -0.15) is 13.2 Å². The van der Waals surface area contributed by atoms with Crippen LogP contribution in [0, 0.1) is 0 Å². The summed E-state index contributed by atoms with van der Waals surface area (Å²) in [5, 5.41) is 13.3. The van der Waals surface area contributed by atoms with E-state index in [2.05, 4.69) is 15.3 Å². The van der Waals surface area contributed by atoms with Crippen LogP contribution in [0.25, 0.3) is 11.2 Å². The van der Waals surface area contributed by atoms with Gasteiger partial charge in [0.1, 0.15) is 10.9 Å². The Kier molecular flexibility index (Phi) is 6.46. The monoisotopic (exact) mass is 428 g/mol. The van der Waals surface area contributed by atoms with Gasteiger partial charge in [-0.05, 0) is 53.0 Å². The van der Waals surface area contributed by atoms with E-state index in [1.807, 2.05) is 13.8 Å². The van der Waals surface area contributed by atoms with Gasteiger partial charge in [0, 0.05) is 12.7 Å². The van der Waals surface area contributed by atoms with E-state index in [-0.39, 0.29) is 36.6 Å². The number of hydrogen-bond donors (Lipinski definition) is 2. The van der Waals surface area contributed by atoms with Gasteiger partial charge >= 0.3 is 6.18 Å². The third kappa shape index (κ3) is 4.33. The molecule has 30 heavy (non-hydrogen) atoms. The third-order valence-corrected chi connectivity index (χ3v) is 5.95. The number of halogens is 3. The van der Waals surface area contributed by atoms with Gasteiger partial charge in [-0.25, -0.2) is 4.98 Å². The molecule has 3 atom stereocenters. The SMILES string of the molecule is CC(C)O[C@@H]1CCCC(c2cnc3cc(C(C)(C)C(F)(F)F)n(C)c3n2)N[C@H]1CO. The topological polar surface area (TPSA) is 72.2 Å². The maximum Gasteiger partial charge on any atom is 0.399 e. The van der Waals surface area contributed by atoms with Gasteiger partial charge in [-0.3, -0.25) is 4.98 Å². The van der Waals surface area contributed by atoms with E-state index >= 15 is 0 Å². The molecule has 2 N–H and O–H groups in total. The molecule has 0 radical (unpaired) electrons. The summed E-state index contributed by atoms with van der Waals surface area (Å²) in [5.41, 5.74) is -0.393. The number of aryl methyl sites for hydroxylation is 1. The van der Waals surface area contributed by atoms with E-state index in [9.17, 15) is 18.3 Å². The fourth-order valence-electron chi connectivity index (χ4n) is 4.09. The molecule has 6 nitrogen and oxygen atoms in total. The third-order valence-electron chi connectivity index (χ3n) is 5.95. The van der Waals surface area contributed by atoms with Crippen molar-refractivity contribution in [3.05, 3.63) is 23.7 Å². The minimum Gasteiger partial charge on any atom is -0.395 e. The lowest BCUT2D eigenvalue weighted by Crippen LogP contribution is -2.45. The molecule has 3 rings (SSSR count). The Bertz CT molecular complexity index is 879. The molecule has 0 spiro atoms. The molecule has 1 aliphatic heterocycles. The number of aliphatic hydroxyl groups excluding tert-OH is 1. The normalized spacial score (nSPS) is 23.9. The first-order valence-corrected chi connectivity index (χ1v) is 10.4. The number of nitrogens with zero attached hydrogens (tertiary/aromatic N) is 3. The van der Waals surface area contributed by atoms with Crippen LogP contribution in [0.5, 0.6) is 0 Å². The fourth-order valence-corrected chi connectivity index (χ4v) is 4.09. The zero-order valence-electron chi connectivity index (χ0n) is 18.1. The van der Waals surface area contributed by atoms with Gasteiger partial charge < -0.3 is 19.7 Å². The Hall–Kier alpha value is -1.71. The molecule has 168 valence electrons. The molecule has 1 saturated heterocycles. The molecule has 9 heteroatoms. The van der Waals surface area contributed by atoms with E-state index < -0.39 is 11.6 Å². The van der Waals surface area contributed by atoms with E-state index in [4.69, 9.17) is 4.74 Å². The van der Waals surface area contributed by atoms with Crippen LogP contribution in [0.4, 0.5) is 13.2 Å². The first kappa shape index (κ1) is 23.0. The largest absolute Gasteiger partial charge is 0.399 e. The number of hydrogen-bond acceptors (Lipinski definition) is 5. The van der Waals surface area contributed by atoms with Crippen molar-refractivity contribution in [2.75, 3.05) is 6.61 Å². The summed E-state index contributed by atoms with van der Waals surface area (Å²) in [7, 11) is 1.59. The van der Waals surface area contributed by atoms with Gasteiger partial charge in [0.05, 0.1) is 42.8 Å². The van der Waals surface area contributed by atoms with Gasteiger partial charge in [0.2, 0.25) is 0 Å². The highest BCUT2D eigenvalue weighted by atomic mass is 19.4. The Morgan fingerprint density at radius 1 is 1.30 bits per heavy atom. The molecule has 1 aliphatic rings. The van der Waals surface area contributed by atoms with Crippen molar-refractivity contribution in [1.29, 1.82) is 0 Å². The lowest BCUT2D eigenvalue weighted by Gasteiger charge is -2.28. The molecule has 0 saturated carbocycles. The Balaban J connectivity index is 1.93. The Labute approximate surface area is 174 Å². The zero-order chi connectivity index (χ0) is 22.3. The van der Waals surface area contributed by atoms with Crippen LogP contribution in [0.15, 0.2) is 12.3 Å². The van der Waals surface area contributed by atoms with Crippen molar-refractivity contribution in [1.82, 2.24) is 19.9 Å². The highest BCUT2D eigenvalue weighted by Crippen LogP contribution is 2.41. The minimum atomic E-state index is -4.39. The maximum absolute atomic E-state index is 13.6. The zero-order valence-corrected chi connectivity index (χ0v) is 18.1. The molecule has 1 fully saturated rings. The summed E-state index contributed by atoms with van der Waals surface area (Å²) in [6, 6.07) is 1.06. The van der Waals surface area contributed by atoms with Crippen LogP contribution < -0.4 is 5.32 Å². The average molecular weight is 428 g/mol. The number of aromatic nitrogens is 3. The lowest BCUT2D eigenvalue weighted by molar-refractivity contribution is -0.181. The summed E-state index contributed by atoms with van der Waals surface area (Å²) >= 11 is 0.